The molecule has 8 heteroatoms. The molecule has 134 valence electrons. The van der Waals surface area contributed by atoms with Crippen LogP contribution in [0.4, 0.5) is 0 Å². The third kappa shape index (κ3) is 66.2. The summed E-state index contributed by atoms with van der Waals surface area (Å²) >= 11 is 0. The maximum Gasteiger partial charge on any atom is 0.302 e. The van der Waals surface area contributed by atoms with Gasteiger partial charge in [-0.3, -0.25) is 9.59 Å². The van der Waals surface area contributed by atoms with Crippen molar-refractivity contribution in [1.29, 1.82) is 0 Å². The monoisotopic (exact) mass is 334 g/mol. The lowest BCUT2D eigenvalue weighted by atomic mass is 10.7. The topological polar surface area (TPSA) is 89.5 Å². The average Bonchev–Trinajstić information content (AvgIpc) is 2.63. The minimum atomic E-state index is -0.432. The molecule has 0 aromatic rings. The molecular formula is C15H26O8. The molecular weight excluding hydrogens is 308 g/mol. The maximum atomic E-state index is 10.2. The molecule has 23 heavy (non-hydrogen) atoms. The van der Waals surface area contributed by atoms with E-state index in [1.807, 2.05) is 0 Å². The first-order chi connectivity index (χ1) is 11.3. The number of aldehydes is 1. The van der Waals surface area contributed by atoms with Gasteiger partial charge in [-0.15, -0.1) is 52.6 Å². The fraction of sp³-hybridized carbons (Fsp3) is 0.200. The van der Waals surface area contributed by atoms with Crippen LogP contribution in [0.3, 0.4) is 0 Å². The van der Waals surface area contributed by atoms with Crippen molar-refractivity contribution in [2.24, 2.45) is 0 Å². The summed E-state index contributed by atoms with van der Waals surface area (Å²) in [5.41, 5.74) is 0. The number of allylic oxidation sites excluding steroid dienone is 1. The van der Waals surface area contributed by atoms with E-state index >= 15 is 0 Å². The first-order valence-electron chi connectivity index (χ1n) is 5.79. The molecule has 0 aliphatic carbocycles. The van der Waals surface area contributed by atoms with Gasteiger partial charge in [-0.1, -0.05) is 0 Å². The summed E-state index contributed by atoms with van der Waals surface area (Å²) in [5, 5.41) is 11.6. The Morgan fingerprint density at radius 2 is 1.39 bits per heavy atom. The normalized spacial score (nSPS) is 7.35. The minimum Gasteiger partial charge on any atom is -0.463 e. The lowest BCUT2D eigenvalue weighted by Crippen LogP contribution is -2.08. The molecule has 0 bridgehead atoms. The third-order valence-corrected chi connectivity index (χ3v) is 0.828. The summed E-state index contributed by atoms with van der Waals surface area (Å²) in [4.78, 5) is 28.3. The zero-order valence-corrected chi connectivity index (χ0v) is 13.6. The van der Waals surface area contributed by atoms with E-state index in [9.17, 15) is 9.59 Å². The van der Waals surface area contributed by atoms with Crippen molar-refractivity contribution in [3.63, 3.8) is 0 Å². The predicted molar refractivity (Wildman–Crippen MR) is 87.1 cm³/mol. The summed E-state index contributed by atoms with van der Waals surface area (Å²) in [6, 6.07) is 0. The van der Waals surface area contributed by atoms with Gasteiger partial charge in [0, 0.05) is 23.1 Å². The zero-order valence-electron chi connectivity index (χ0n) is 13.6. The molecule has 0 amide bonds. The highest BCUT2D eigenvalue weighted by Gasteiger charge is 1.94. The van der Waals surface area contributed by atoms with Crippen molar-refractivity contribution in [2.45, 2.75) is 6.92 Å². The van der Waals surface area contributed by atoms with Gasteiger partial charge in [-0.25, -0.2) is 4.89 Å². The van der Waals surface area contributed by atoms with E-state index in [1.165, 1.54) is 6.92 Å². The molecule has 0 saturated heterocycles. The molecule has 0 aliphatic heterocycles. The highest BCUT2D eigenvalue weighted by molar-refractivity contribution is 5.65. The van der Waals surface area contributed by atoms with Crippen LogP contribution in [-0.2, 0) is 39.2 Å². The Labute approximate surface area is 137 Å². The Balaban J connectivity index is -0.000000116. The Morgan fingerprint density at radius 1 is 0.870 bits per heavy atom. The molecule has 0 aliphatic rings. The molecule has 0 aromatic heterocycles. The largest absolute Gasteiger partial charge is 0.463 e. The van der Waals surface area contributed by atoms with E-state index in [1.54, 1.807) is 0 Å². The predicted octanol–water partition coefficient (Wildman–Crippen LogP) is 3.21. The lowest BCUT2D eigenvalue weighted by molar-refractivity contribution is -0.700. The van der Waals surface area contributed by atoms with Crippen LogP contribution < -0.4 is 0 Å². The van der Waals surface area contributed by atoms with Gasteiger partial charge in [-0.2, -0.15) is 0 Å². The smallest absolute Gasteiger partial charge is 0.302 e. The molecule has 0 spiro atoms. The molecule has 0 aromatic carbocycles. The van der Waals surface area contributed by atoms with Crippen molar-refractivity contribution >= 4 is 12.3 Å². The van der Waals surface area contributed by atoms with Crippen LogP contribution in [0.2, 0.25) is 0 Å². The van der Waals surface area contributed by atoms with Gasteiger partial charge in [0.05, 0.1) is 0 Å². The molecule has 0 atom stereocenters. The van der Waals surface area contributed by atoms with Crippen LogP contribution in [0.15, 0.2) is 65.0 Å². The van der Waals surface area contributed by atoms with Gasteiger partial charge < -0.3 is 9.62 Å². The lowest BCUT2D eigenvalue weighted by Gasteiger charge is -2.00. The number of esters is 1. The number of hydrogen-bond donors (Lipinski definition) is 0. The quantitative estimate of drug-likeness (QED) is 0.0928. The van der Waals surface area contributed by atoms with Crippen LogP contribution in [0.25, 0.3) is 0 Å². The fourth-order valence-electron chi connectivity index (χ4n) is 0.387. The average molecular weight is 334 g/mol. The van der Waals surface area contributed by atoms with Crippen molar-refractivity contribution in [1.82, 2.24) is 0 Å². The van der Waals surface area contributed by atoms with Gasteiger partial charge in [0.2, 0.25) is 0 Å². The van der Waals surface area contributed by atoms with Gasteiger partial charge in [-0.05, 0) is 5.04 Å². The molecule has 0 fully saturated rings. The zero-order chi connectivity index (χ0) is 19.4. The third-order valence-electron chi connectivity index (χ3n) is 0.828. The van der Waals surface area contributed by atoms with E-state index in [2.05, 4.69) is 82.3 Å². The SMILES string of the molecule is C=C.C=C.C=C.C=C.CC(=O)OCCOOOOO/C=C/C=O. The van der Waals surface area contributed by atoms with E-state index in [0.717, 1.165) is 12.3 Å². The van der Waals surface area contributed by atoms with Crippen LogP contribution in [0.5, 0.6) is 0 Å². The first-order valence-corrected chi connectivity index (χ1v) is 5.79. The number of rotatable bonds is 9. The van der Waals surface area contributed by atoms with E-state index in [-0.39, 0.29) is 13.2 Å². The van der Waals surface area contributed by atoms with Gasteiger partial charge in [0.1, 0.15) is 25.8 Å². The van der Waals surface area contributed by atoms with E-state index < -0.39 is 5.97 Å². The number of hydrogen-bond acceptors (Lipinski definition) is 8. The van der Waals surface area contributed by atoms with Crippen LogP contribution in [0, 0.1) is 0 Å². The maximum absolute atomic E-state index is 10.2. The van der Waals surface area contributed by atoms with Gasteiger partial charge in [0.15, 0.2) is 0 Å². The van der Waals surface area contributed by atoms with Gasteiger partial charge >= 0.3 is 5.97 Å². The molecule has 0 N–H and O–H groups in total. The minimum absolute atomic E-state index is 0.0184. The summed E-state index contributed by atoms with van der Waals surface area (Å²) in [6.45, 7) is 25.2. The van der Waals surface area contributed by atoms with Crippen molar-refractivity contribution in [3.8, 4) is 0 Å². The molecule has 0 heterocycles. The number of ether oxygens (including phenoxy) is 1. The second-order valence-corrected chi connectivity index (χ2v) is 1.93. The van der Waals surface area contributed by atoms with Crippen LogP contribution in [0.1, 0.15) is 6.92 Å². The van der Waals surface area contributed by atoms with Crippen molar-refractivity contribution in [3.05, 3.63) is 65.0 Å². The highest BCUT2D eigenvalue weighted by Crippen LogP contribution is 1.87. The Bertz CT molecular complexity index is 248. The molecule has 0 radical (unpaired) electrons. The summed E-state index contributed by atoms with van der Waals surface area (Å²) in [5.74, 6) is -0.432. The fourth-order valence-corrected chi connectivity index (χ4v) is 0.387. The molecule has 8 nitrogen and oxygen atoms in total. The Kier molecular flexibility index (Phi) is 71.2. The first kappa shape index (κ1) is 32.4. The Hall–Kier alpha value is -2.52. The van der Waals surface area contributed by atoms with Crippen molar-refractivity contribution in [2.75, 3.05) is 13.2 Å². The van der Waals surface area contributed by atoms with Crippen LogP contribution in [-0.4, -0.2) is 25.5 Å². The summed E-state index contributed by atoms with van der Waals surface area (Å²) < 4.78 is 4.48. The van der Waals surface area contributed by atoms with E-state index in [4.69, 9.17) is 0 Å². The number of carbonyl (C=O) groups excluding carboxylic acids is 2. The van der Waals surface area contributed by atoms with E-state index in [0.29, 0.717) is 6.29 Å². The molecule has 0 unspecified atom stereocenters. The molecule has 0 rings (SSSR count). The summed E-state index contributed by atoms with van der Waals surface area (Å²) in [7, 11) is 0. The highest BCUT2D eigenvalue weighted by atomic mass is 17.8. The standard InChI is InChI=1S/C7H10O8.4C2H4/c1-7(9)10-5-6-12-14-15-13-11-4-2-3-8;4*1-2/h2-4H,5-6H2,1H3;4*1-2H2/b4-2+;;;;. The second kappa shape index (κ2) is 50.5. The number of carbonyl (C=O) groups is 2. The van der Waals surface area contributed by atoms with Crippen molar-refractivity contribution < 1.29 is 39.2 Å². The Morgan fingerprint density at radius 3 is 1.83 bits per heavy atom. The van der Waals surface area contributed by atoms with Gasteiger partial charge in [0.25, 0.3) is 0 Å². The van der Waals surface area contributed by atoms with Crippen LogP contribution >= 0.6 is 0 Å². The second-order valence-electron chi connectivity index (χ2n) is 1.93. The molecule has 0 saturated carbocycles. The summed E-state index contributed by atoms with van der Waals surface area (Å²) in [6.07, 6.45) is 2.40.